The molecule has 0 radical (unpaired) electrons. The number of alkyl halides is 3. The van der Waals surface area contributed by atoms with E-state index in [1.54, 1.807) is 18.2 Å². The third kappa shape index (κ3) is 4.90. The van der Waals surface area contributed by atoms with Crippen molar-refractivity contribution in [2.75, 3.05) is 23.4 Å². The standard InChI is InChI=1S/C18H19F3N4O3/c1-3-24(4-2)14-7-5-12(17(26)10-14)11-22-23-15-8-6-13(18(19,20)21)9-16(15)25(27)28/h5-11,23,26H,3-4H2,1-2H3. The minimum atomic E-state index is -4.69. The highest BCUT2D eigenvalue weighted by Crippen LogP contribution is 2.35. The molecular formula is C18H19F3N4O3. The number of halogens is 3. The summed E-state index contributed by atoms with van der Waals surface area (Å²) in [4.78, 5) is 12.2. The molecule has 0 aliphatic rings. The van der Waals surface area contributed by atoms with Gasteiger partial charge in [-0.25, -0.2) is 0 Å². The molecule has 0 bridgehead atoms. The monoisotopic (exact) mass is 396 g/mol. The Kier molecular flexibility index (Phi) is 6.45. The second-order valence-corrected chi connectivity index (χ2v) is 5.77. The van der Waals surface area contributed by atoms with Crippen LogP contribution < -0.4 is 10.3 Å². The third-order valence-corrected chi connectivity index (χ3v) is 4.05. The second kappa shape index (κ2) is 8.59. The number of hydrazone groups is 1. The molecule has 150 valence electrons. The van der Waals surface area contributed by atoms with Gasteiger partial charge in [0.1, 0.15) is 11.4 Å². The lowest BCUT2D eigenvalue weighted by Crippen LogP contribution is -2.21. The molecule has 0 heterocycles. The summed E-state index contributed by atoms with van der Waals surface area (Å²) in [7, 11) is 0. The van der Waals surface area contributed by atoms with Gasteiger partial charge in [-0.05, 0) is 38.1 Å². The number of nitrogens with zero attached hydrogens (tertiary/aromatic N) is 3. The number of hydrogen-bond donors (Lipinski definition) is 2. The summed E-state index contributed by atoms with van der Waals surface area (Å²) in [5, 5.41) is 25.0. The highest BCUT2D eigenvalue weighted by Gasteiger charge is 2.33. The van der Waals surface area contributed by atoms with E-state index in [-0.39, 0.29) is 11.4 Å². The summed E-state index contributed by atoms with van der Waals surface area (Å²) in [6.45, 7) is 5.50. The van der Waals surface area contributed by atoms with E-state index in [1.807, 2.05) is 18.7 Å². The van der Waals surface area contributed by atoms with E-state index in [1.165, 1.54) is 6.21 Å². The van der Waals surface area contributed by atoms with Gasteiger partial charge in [-0.15, -0.1) is 0 Å². The van der Waals surface area contributed by atoms with E-state index in [4.69, 9.17) is 0 Å². The van der Waals surface area contributed by atoms with Crippen LogP contribution in [-0.2, 0) is 6.18 Å². The largest absolute Gasteiger partial charge is 0.507 e. The molecule has 0 aliphatic carbocycles. The smallest absolute Gasteiger partial charge is 0.416 e. The van der Waals surface area contributed by atoms with Gasteiger partial charge in [0.2, 0.25) is 0 Å². The Bertz CT molecular complexity index is 881. The van der Waals surface area contributed by atoms with Crippen molar-refractivity contribution in [3.63, 3.8) is 0 Å². The van der Waals surface area contributed by atoms with Crippen molar-refractivity contribution < 1.29 is 23.2 Å². The van der Waals surface area contributed by atoms with Gasteiger partial charge in [-0.1, -0.05) is 0 Å². The molecule has 0 amide bonds. The SMILES string of the molecule is CCN(CC)c1ccc(C=NNc2ccc(C(F)(F)F)cc2[N+](=O)[O-])c(O)c1. The number of phenolic OH excluding ortho intramolecular Hbond substituents is 1. The lowest BCUT2D eigenvalue weighted by molar-refractivity contribution is -0.384. The molecule has 0 saturated carbocycles. The quantitative estimate of drug-likeness (QED) is 0.405. The molecule has 7 nitrogen and oxygen atoms in total. The molecular weight excluding hydrogens is 377 g/mol. The van der Waals surface area contributed by atoms with E-state index in [9.17, 15) is 28.4 Å². The second-order valence-electron chi connectivity index (χ2n) is 5.77. The molecule has 0 atom stereocenters. The topological polar surface area (TPSA) is 91.0 Å². The average Bonchev–Trinajstić information content (AvgIpc) is 2.63. The zero-order valence-electron chi connectivity index (χ0n) is 15.2. The Morgan fingerprint density at radius 2 is 1.89 bits per heavy atom. The molecule has 2 N–H and O–H groups in total. The number of anilines is 2. The first-order valence-corrected chi connectivity index (χ1v) is 8.40. The van der Waals surface area contributed by atoms with Gasteiger partial charge in [-0.3, -0.25) is 15.5 Å². The van der Waals surface area contributed by atoms with E-state index in [2.05, 4.69) is 10.5 Å². The van der Waals surface area contributed by atoms with Crippen LogP contribution in [0.15, 0.2) is 41.5 Å². The molecule has 0 unspecified atom stereocenters. The van der Waals surface area contributed by atoms with Crippen molar-refractivity contribution in [3.05, 3.63) is 57.6 Å². The minimum Gasteiger partial charge on any atom is -0.507 e. The van der Waals surface area contributed by atoms with Crippen LogP contribution in [0.25, 0.3) is 0 Å². The Balaban J connectivity index is 2.22. The first-order valence-electron chi connectivity index (χ1n) is 8.40. The highest BCUT2D eigenvalue weighted by atomic mass is 19.4. The van der Waals surface area contributed by atoms with E-state index >= 15 is 0 Å². The summed E-state index contributed by atoms with van der Waals surface area (Å²) in [5.74, 6) is -0.0446. The number of phenols is 1. The summed E-state index contributed by atoms with van der Waals surface area (Å²) < 4.78 is 38.2. The molecule has 2 aromatic rings. The third-order valence-electron chi connectivity index (χ3n) is 4.05. The van der Waals surface area contributed by atoms with Gasteiger partial charge in [0.25, 0.3) is 5.69 Å². The molecule has 0 saturated heterocycles. The molecule has 0 spiro atoms. The number of rotatable bonds is 7. The molecule has 0 aromatic heterocycles. The molecule has 2 aromatic carbocycles. The molecule has 28 heavy (non-hydrogen) atoms. The fraction of sp³-hybridized carbons (Fsp3) is 0.278. The van der Waals surface area contributed by atoms with Gasteiger partial charge >= 0.3 is 6.18 Å². The van der Waals surface area contributed by atoms with Crippen LogP contribution in [-0.4, -0.2) is 29.3 Å². The van der Waals surface area contributed by atoms with Gasteiger partial charge in [0, 0.05) is 36.5 Å². The lowest BCUT2D eigenvalue weighted by atomic mass is 10.1. The number of nitro benzene ring substituents is 1. The summed E-state index contributed by atoms with van der Waals surface area (Å²) in [6.07, 6.45) is -3.46. The normalized spacial score (nSPS) is 11.6. The maximum atomic E-state index is 12.7. The van der Waals surface area contributed by atoms with Crippen molar-refractivity contribution in [1.29, 1.82) is 0 Å². The molecule has 10 heteroatoms. The van der Waals surface area contributed by atoms with Crippen LogP contribution in [0, 0.1) is 10.1 Å². The zero-order valence-corrected chi connectivity index (χ0v) is 15.2. The average molecular weight is 396 g/mol. The summed E-state index contributed by atoms with van der Waals surface area (Å²) >= 11 is 0. The van der Waals surface area contributed by atoms with Gasteiger partial charge in [0.05, 0.1) is 16.7 Å². The Morgan fingerprint density at radius 1 is 1.21 bits per heavy atom. The van der Waals surface area contributed by atoms with Gasteiger partial charge in [0.15, 0.2) is 0 Å². The Hall–Kier alpha value is -3.30. The van der Waals surface area contributed by atoms with Crippen LogP contribution in [0.3, 0.4) is 0 Å². The van der Waals surface area contributed by atoms with Crippen LogP contribution >= 0.6 is 0 Å². The van der Waals surface area contributed by atoms with Crippen LogP contribution in [0.4, 0.5) is 30.2 Å². The molecule has 2 rings (SSSR count). The predicted molar refractivity (Wildman–Crippen MR) is 101 cm³/mol. The lowest BCUT2D eigenvalue weighted by Gasteiger charge is -2.21. The van der Waals surface area contributed by atoms with E-state index in [0.29, 0.717) is 11.6 Å². The summed E-state index contributed by atoms with van der Waals surface area (Å²) in [6, 6.07) is 7.07. The fourth-order valence-corrected chi connectivity index (χ4v) is 2.55. The van der Waals surface area contributed by atoms with Crippen LogP contribution in [0.5, 0.6) is 5.75 Å². The number of hydrogen-bond acceptors (Lipinski definition) is 6. The fourth-order valence-electron chi connectivity index (χ4n) is 2.55. The number of benzene rings is 2. The maximum Gasteiger partial charge on any atom is 0.416 e. The number of aromatic hydroxyl groups is 1. The minimum absolute atomic E-state index is 0.0446. The van der Waals surface area contributed by atoms with Crippen molar-refractivity contribution in [2.45, 2.75) is 20.0 Å². The summed E-state index contributed by atoms with van der Waals surface area (Å²) in [5.41, 5.74) is 1.43. The number of nitro groups is 1. The predicted octanol–water partition coefficient (Wildman–Crippen LogP) is 4.61. The Labute approximate surface area is 159 Å². The van der Waals surface area contributed by atoms with Gasteiger partial charge in [-0.2, -0.15) is 18.3 Å². The van der Waals surface area contributed by atoms with Crippen LogP contribution in [0.2, 0.25) is 0 Å². The van der Waals surface area contributed by atoms with Crippen molar-refractivity contribution in [3.8, 4) is 5.75 Å². The molecule has 0 fully saturated rings. The van der Waals surface area contributed by atoms with Crippen molar-refractivity contribution >= 4 is 23.3 Å². The van der Waals surface area contributed by atoms with E-state index < -0.39 is 22.4 Å². The van der Waals surface area contributed by atoms with Crippen molar-refractivity contribution in [1.82, 2.24) is 0 Å². The highest BCUT2D eigenvalue weighted by molar-refractivity contribution is 5.85. The molecule has 0 aliphatic heterocycles. The van der Waals surface area contributed by atoms with Crippen LogP contribution in [0.1, 0.15) is 25.0 Å². The van der Waals surface area contributed by atoms with Gasteiger partial charge < -0.3 is 10.0 Å². The first-order chi connectivity index (χ1) is 13.2. The first kappa shape index (κ1) is 21.0. The van der Waals surface area contributed by atoms with E-state index in [0.717, 1.165) is 30.9 Å². The maximum absolute atomic E-state index is 12.7. The Morgan fingerprint density at radius 3 is 2.43 bits per heavy atom. The van der Waals surface area contributed by atoms with Crippen molar-refractivity contribution in [2.24, 2.45) is 5.10 Å². The zero-order chi connectivity index (χ0) is 20.9. The number of nitrogens with one attached hydrogen (secondary N) is 1.